The van der Waals surface area contributed by atoms with Crippen LogP contribution in [-0.4, -0.2) is 22.2 Å². The third-order valence-electron chi connectivity index (χ3n) is 3.10. The standard InChI is InChI=1S/C16H15N3O2/c20-16(17-9-8-15-7-4-10-21-15)13-11-18-19(12-13)14-5-2-1-3-6-14/h1-7,10-12H,8-9H2,(H,17,20). The first-order valence-corrected chi connectivity index (χ1v) is 6.73. The molecule has 0 fully saturated rings. The van der Waals surface area contributed by atoms with Gasteiger partial charge in [0.1, 0.15) is 5.76 Å². The van der Waals surface area contributed by atoms with Crippen LogP contribution in [0.1, 0.15) is 16.1 Å². The highest BCUT2D eigenvalue weighted by atomic mass is 16.3. The molecule has 1 aromatic carbocycles. The smallest absolute Gasteiger partial charge is 0.254 e. The van der Waals surface area contributed by atoms with Crippen molar-refractivity contribution in [2.24, 2.45) is 0 Å². The summed E-state index contributed by atoms with van der Waals surface area (Å²) in [5.74, 6) is 0.721. The van der Waals surface area contributed by atoms with E-state index in [9.17, 15) is 4.79 Å². The number of carbonyl (C=O) groups excluding carboxylic acids is 1. The van der Waals surface area contributed by atoms with Crippen LogP contribution < -0.4 is 5.32 Å². The van der Waals surface area contributed by atoms with Gasteiger partial charge in [-0.15, -0.1) is 0 Å². The van der Waals surface area contributed by atoms with Crippen molar-refractivity contribution in [2.45, 2.75) is 6.42 Å². The number of amides is 1. The molecule has 3 rings (SSSR count). The summed E-state index contributed by atoms with van der Waals surface area (Å²) in [6.07, 6.45) is 5.58. The highest BCUT2D eigenvalue weighted by molar-refractivity contribution is 5.93. The van der Waals surface area contributed by atoms with Gasteiger partial charge in [0, 0.05) is 19.2 Å². The van der Waals surface area contributed by atoms with Gasteiger partial charge in [0.15, 0.2) is 0 Å². The molecule has 1 N–H and O–H groups in total. The van der Waals surface area contributed by atoms with Crippen LogP contribution in [0.4, 0.5) is 0 Å². The molecule has 2 aromatic heterocycles. The number of rotatable bonds is 5. The maximum absolute atomic E-state index is 12.0. The minimum absolute atomic E-state index is 0.135. The Morgan fingerprint density at radius 2 is 2.05 bits per heavy atom. The second kappa shape index (κ2) is 6.09. The summed E-state index contributed by atoms with van der Waals surface area (Å²) >= 11 is 0. The second-order valence-electron chi connectivity index (χ2n) is 4.59. The molecule has 0 aliphatic carbocycles. The van der Waals surface area contributed by atoms with Crippen molar-refractivity contribution in [2.75, 3.05) is 6.54 Å². The fourth-order valence-corrected chi connectivity index (χ4v) is 2.02. The lowest BCUT2D eigenvalue weighted by Gasteiger charge is -2.02. The second-order valence-corrected chi connectivity index (χ2v) is 4.59. The molecule has 0 bridgehead atoms. The molecule has 0 aliphatic rings. The molecular formula is C16H15N3O2. The van der Waals surface area contributed by atoms with Gasteiger partial charge in [0.2, 0.25) is 0 Å². The van der Waals surface area contributed by atoms with E-state index >= 15 is 0 Å². The van der Waals surface area contributed by atoms with E-state index in [2.05, 4.69) is 10.4 Å². The zero-order valence-corrected chi connectivity index (χ0v) is 11.4. The Morgan fingerprint density at radius 3 is 2.81 bits per heavy atom. The summed E-state index contributed by atoms with van der Waals surface area (Å²) in [5, 5.41) is 7.05. The molecule has 2 heterocycles. The summed E-state index contributed by atoms with van der Waals surface area (Å²) in [6, 6.07) is 13.4. The van der Waals surface area contributed by atoms with E-state index in [1.54, 1.807) is 23.3 Å². The molecule has 0 aliphatic heterocycles. The van der Waals surface area contributed by atoms with E-state index in [0.29, 0.717) is 18.5 Å². The van der Waals surface area contributed by atoms with Gasteiger partial charge in [-0.2, -0.15) is 5.10 Å². The van der Waals surface area contributed by atoms with E-state index in [1.165, 1.54) is 0 Å². The lowest BCUT2D eigenvalue weighted by Crippen LogP contribution is -2.25. The summed E-state index contributed by atoms with van der Waals surface area (Å²) in [4.78, 5) is 12.0. The topological polar surface area (TPSA) is 60.1 Å². The van der Waals surface area contributed by atoms with Crippen molar-refractivity contribution in [3.8, 4) is 5.69 Å². The van der Waals surface area contributed by atoms with Crippen LogP contribution in [-0.2, 0) is 6.42 Å². The number of aromatic nitrogens is 2. The largest absolute Gasteiger partial charge is 0.469 e. The average Bonchev–Trinajstić information content (AvgIpc) is 3.20. The Hall–Kier alpha value is -2.82. The van der Waals surface area contributed by atoms with Gasteiger partial charge in [-0.25, -0.2) is 4.68 Å². The van der Waals surface area contributed by atoms with E-state index in [1.807, 2.05) is 42.5 Å². The highest BCUT2D eigenvalue weighted by Crippen LogP contribution is 2.07. The third-order valence-corrected chi connectivity index (χ3v) is 3.10. The van der Waals surface area contributed by atoms with Crippen LogP contribution in [0.15, 0.2) is 65.5 Å². The molecule has 0 atom stereocenters. The van der Waals surface area contributed by atoms with E-state index in [4.69, 9.17) is 4.42 Å². The third kappa shape index (κ3) is 3.20. The summed E-state index contributed by atoms with van der Waals surface area (Å²) < 4.78 is 6.90. The normalized spacial score (nSPS) is 10.5. The Labute approximate surface area is 122 Å². The van der Waals surface area contributed by atoms with Crippen molar-refractivity contribution >= 4 is 5.91 Å². The maximum Gasteiger partial charge on any atom is 0.254 e. The predicted molar refractivity (Wildman–Crippen MR) is 78.3 cm³/mol. The SMILES string of the molecule is O=C(NCCc1ccco1)c1cnn(-c2ccccc2)c1. The minimum atomic E-state index is -0.135. The quantitative estimate of drug-likeness (QED) is 0.781. The molecule has 106 valence electrons. The number of nitrogens with zero attached hydrogens (tertiary/aromatic N) is 2. The van der Waals surface area contributed by atoms with Gasteiger partial charge in [-0.3, -0.25) is 4.79 Å². The summed E-state index contributed by atoms with van der Waals surface area (Å²) in [6.45, 7) is 0.531. The molecule has 5 nitrogen and oxygen atoms in total. The minimum Gasteiger partial charge on any atom is -0.469 e. The number of nitrogens with one attached hydrogen (secondary N) is 1. The van der Waals surface area contributed by atoms with Gasteiger partial charge in [-0.1, -0.05) is 18.2 Å². The van der Waals surface area contributed by atoms with Gasteiger partial charge in [0.05, 0.1) is 23.7 Å². The Kier molecular flexibility index (Phi) is 3.82. The van der Waals surface area contributed by atoms with Gasteiger partial charge < -0.3 is 9.73 Å². The van der Waals surface area contributed by atoms with Crippen molar-refractivity contribution in [3.05, 3.63) is 72.4 Å². The van der Waals surface area contributed by atoms with Crippen LogP contribution in [0.2, 0.25) is 0 Å². The van der Waals surface area contributed by atoms with Crippen molar-refractivity contribution in [1.29, 1.82) is 0 Å². The molecule has 5 heteroatoms. The molecule has 0 saturated carbocycles. The van der Waals surface area contributed by atoms with Crippen molar-refractivity contribution in [1.82, 2.24) is 15.1 Å². The monoisotopic (exact) mass is 281 g/mol. The Bertz CT molecular complexity index is 702. The van der Waals surface area contributed by atoms with Crippen LogP contribution in [0.5, 0.6) is 0 Å². The molecule has 0 unspecified atom stereocenters. The molecule has 0 radical (unpaired) electrons. The number of para-hydroxylation sites is 1. The fraction of sp³-hybridized carbons (Fsp3) is 0.125. The summed E-state index contributed by atoms with van der Waals surface area (Å²) in [7, 11) is 0. The van der Waals surface area contributed by atoms with Crippen LogP contribution in [0, 0.1) is 0 Å². The highest BCUT2D eigenvalue weighted by Gasteiger charge is 2.09. The molecule has 0 saturated heterocycles. The molecule has 0 spiro atoms. The maximum atomic E-state index is 12.0. The van der Waals surface area contributed by atoms with Gasteiger partial charge >= 0.3 is 0 Å². The lowest BCUT2D eigenvalue weighted by atomic mass is 10.3. The lowest BCUT2D eigenvalue weighted by molar-refractivity contribution is 0.0953. The van der Waals surface area contributed by atoms with Crippen LogP contribution in [0.3, 0.4) is 0 Å². The Balaban J connectivity index is 1.59. The zero-order valence-electron chi connectivity index (χ0n) is 11.4. The predicted octanol–water partition coefficient (Wildman–Crippen LogP) is 2.44. The molecular weight excluding hydrogens is 266 g/mol. The first-order valence-electron chi connectivity index (χ1n) is 6.73. The number of benzene rings is 1. The average molecular weight is 281 g/mol. The first-order chi connectivity index (χ1) is 10.3. The van der Waals surface area contributed by atoms with E-state index in [-0.39, 0.29) is 5.91 Å². The van der Waals surface area contributed by atoms with Crippen molar-refractivity contribution < 1.29 is 9.21 Å². The fourth-order valence-electron chi connectivity index (χ4n) is 2.02. The van der Waals surface area contributed by atoms with Gasteiger partial charge in [-0.05, 0) is 24.3 Å². The van der Waals surface area contributed by atoms with Crippen LogP contribution >= 0.6 is 0 Å². The molecule has 3 aromatic rings. The number of hydrogen-bond donors (Lipinski definition) is 1. The van der Waals surface area contributed by atoms with E-state index in [0.717, 1.165) is 11.4 Å². The van der Waals surface area contributed by atoms with Gasteiger partial charge in [0.25, 0.3) is 5.91 Å². The first kappa shape index (κ1) is 13.2. The number of furan rings is 1. The summed E-state index contributed by atoms with van der Waals surface area (Å²) in [5.41, 5.74) is 1.46. The number of hydrogen-bond acceptors (Lipinski definition) is 3. The number of carbonyl (C=O) groups is 1. The Morgan fingerprint density at radius 1 is 1.19 bits per heavy atom. The van der Waals surface area contributed by atoms with Crippen molar-refractivity contribution in [3.63, 3.8) is 0 Å². The molecule has 1 amide bonds. The van der Waals surface area contributed by atoms with Crippen LogP contribution in [0.25, 0.3) is 5.69 Å². The molecule has 21 heavy (non-hydrogen) atoms. The van der Waals surface area contributed by atoms with E-state index < -0.39 is 0 Å². The zero-order chi connectivity index (χ0) is 14.5.